The quantitative estimate of drug-likeness (QED) is 0.787. The molecule has 4 heteroatoms. The number of nitrogens with zero attached hydrogens (tertiary/aromatic N) is 2. The molecule has 0 fully saturated rings. The van der Waals surface area contributed by atoms with Gasteiger partial charge in [-0.25, -0.2) is 4.98 Å². The third-order valence-corrected chi connectivity index (χ3v) is 2.87. The van der Waals surface area contributed by atoms with Crippen molar-refractivity contribution in [1.82, 2.24) is 4.98 Å². The lowest BCUT2D eigenvalue weighted by atomic mass is 10.2. The third kappa shape index (κ3) is 2.94. The van der Waals surface area contributed by atoms with Crippen molar-refractivity contribution in [3.63, 3.8) is 0 Å². The Balaban J connectivity index is 2.32. The fourth-order valence-corrected chi connectivity index (χ4v) is 1.67. The van der Waals surface area contributed by atoms with Crippen molar-refractivity contribution >= 4 is 22.6 Å². The molecule has 1 aromatic heterocycles. The second kappa shape index (κ2) is 5.15. The van der Waals surface area contributed by atoms with Gasteiger partial charge in [-0.15, -0.1) is 0 Å². The lowest BCUT2D eigenvalue weighted by Crippen LogP contribution is -1.93. The maximum atomic E-state index is 8.96. The fourth-order valence-electron chi connectivity index (χ4n) is 1.31. The molecule has 0 atom stereocenters. The monoisotopic (exact) mass is 336 g/mol. The van der Waals surface area contributed by atoms with E-state index in [2.05, 4.69) is 33.6 Å². The summed E-state index contributed by atoms with van der Waals surface area (Å²) in [4.78, 5) is 4.22. The zero-order valence-electron chi connectivity index (χ0n) is 9.14. The van der Waals surface area contributed by atoms with Crippen molar-refractivity contribution in [2.24, 2.45) is 0 Å². The molecule has 84 valence electrons. The minimum atomic E-state index is 0.355. The van der Waals surface area contributed by atoms with E-state index in [1.165, 1.54) is 0 Å². The maximum absolute atomic E-state index is 8.96. The SMILES string of the molecule is Cc1ccc(C#N)c(Oc2ccc(I)cc2)n1. The van der Waals surface area contributed by atoms with Crippen LogP contribution in [0.1, 0.15) is 11.3 Å². The summed E-state index contributed by atoms with van der Waals surface area (Å²) in [5.74, 6) is 1.04. The average Bonchev–Trinajstić information content (AvgIpc) is 2.32. The molecule has 0 aliphatic carbocycles. The van der Waals surface area contributed by atoms with E-state index in [0.717, 1.165) is 9.26 Å². The van der Waals surface area contributed by atoms with Gasteiger partial charge in [-0.1, -0.05) is 0 Å². The number of aromatic nitrogens is 1. The number of ether oxygens (including phenoxy) is 1. The van der Waals surface area contributed by atoms with E-state index >= 15 is 0 Å². The molecular weight excluding hydrogens is 327 g/mol. The topological polar surface area (TPSA) is 45.9 Å². The van der Waals surface area contributed by atoms with Crippen LogP contribution in [0, 0.1) is 21.8 Å². The normalized spacial score (nSPS) is 9.71. The van der Waals surface area contributed by atoms with Crippen LogP contribution in [0.15, 0.2) is 36.4 Å². The van der Waals surface area contributed by atoms with Crippen molar-refractivity contribution in [2.45, 2.75) is 6.92 Å². The third-order valence-electron chi connectivity index (χ3n) is 2.15. The molecule has 2 aromatic rings. The van der Waals surface area contributed by atoms with E-state index in [4.69, 9.17) is 10.00 Å². The smallest absolute Gasteiger partial charge is 0.237 e. The van der Waals surface area contributed by atoms with Crippen LogP contribution in [0.4, 0.5) is 0 Å². The van der Waals surface area contributed by atoms with Gasteiger partial charge >= 0.3 is 0 Å². The molecule has 0 aliphatic rings. The van der Waals surface area contributed by atoms with Gasteiger partial charge in [0.05, 0.1) is 0 Å². The number of benzene rings is 1. The summed E-state index contributed by atoms with van der Waals surface area (Å²) in [5.41, 5.74) is 1.26. The largest absolute Gasteiger partial charge is 0.438 e. The van der Waals surface area contributed by atoms with Gasteiger partial charge in [0.15, 0.2) is 0 Å². The van der Waals surface area contributed by atoms with Crippen molar-refractivity contribution in [1.29, 1.82) is 5.26 Å². The lowest BCUT2D eigenvalue weighted by molar-refractivity contribution is 0.460. The Morgan fingerprint density at radius 2 is 1.88 bits per heavy atom. The van der Waals surface area contributed by atoms with Gasteiger partial charge in [-0.3, -0.25) is 0 Å². The second-order valence-corrected chi connectivity index (χ2v) is 4.72. The van der Waals surface area contributed by atoms with Gasteiger partial charge in [0.2, 0.25) is 5.88 Å². The minimum Gasteiger partial charge on any atom is -0.438 e. The van der Waals surface area contributed by atoms with E-state index in [1.807, 2.05) is 31.2 Å². The zero-order valence-corrected chi connectivity index (χ0v) is 11.3. The van der Waals surface area contributed by atoms with Crippen molar-refractivity contribution in [3.05, 3.63) is 51.2 Å². The summed E-state index contributed by atoms with van der Waals surface area (Å²) in [6.07, 6.45) is 0. The molecule has 0 spiro atoms. The molecule has 3 nitrogen and oxygen atoms in total. The Labute approximate surface area is 113 Å². The van der Waals surface area contributed by atoms with Crippen LogP contribution in [0.5, 0.6) is 11.6 Å². The average molecular weight is 336 g/mol. The molecular formula is C13H9IN2O. The highest BCUT2D eigenvalue weighted by molar-refractivity contribution is 14.1. The molecule has 0 N–H and O–H groups in total. The lowest BCUT2D eigenvalue weighted by Gasteiger charge is -2.06. The highest BCUT2D eigenvalue weighted by atomic mass is 127. The van der Waals surface area contributed by atoms with Crippen LogP contribution >= 0.6 is 22.6 Å². The Kier molecular flexibility index (Phi) is 3.59. The molecule has 0 unspecified atom stereocenters. The Hall–Kier alpha value is -1.61. The summed E-state index contributed by atoms with van der Waals surface area (Å²) < 4.78 is 6.73. The van der Waals surface area contributed by atoms with Crippen molar-refractivity contribution in [3.8, 4) is 17.7 Å². The van der Waals surface area contributed by atoms with Crippen LogP contribution in [-0.2, 0) is 0 Å². The molecule has 0 aliphatic heterocycles. The first-order chi connectivity index (χ1) is 8.19. The van der Waals surface area contributed by atoms with Gasteiger partial charge in [-0.05, 0) is 65.9 Å². The number of aryl methyl sites for hydroxylation is 1. The highest BCUT2D eigenvalue weighted by Gasteiger charge is 2.06. The summed E-state index contributed by atoms with van der Waals surface area (Å²) in [6.45, 7) is 1.86. The second-order valence-electron chi connectivity index (χ2n) is 3.47. The number of nitriles is 1. The molecule has 0 radical (unpaired) electrons. The van der Waals surface area contributed by atoms with Crippen LogP contribution < -0.4 is 4.74 Å². The Morgan fingerprint density at radius 3 is 2.53 bits per heavy atom. The number of rotatable bonds is 2. The molecule has 2 rings (SSSR count). The van der Waals surface area contributed by atoms with E-state index in [1.54, 1.807) is 12.1 Å². The number of pyridine rings is 1. The summed E-state index contributed by atoms with van der Waals surface area (Å²) >= 11 is 2.22. The summed E-state index contributed by atoms with van der Waals surface area (Å²) in [5, 5.41) is 8.96. The maximum Gasteiger partial charge on any atom is 0.237 e. The van der Waals surface area contributed by atoms with E-state index in [-0.39, 0.29) is 0 Å². The van der Waals surface area contributed by atoms with Gasteiger partial charge < -0.3 is 4.74 Å². The zero-order chi connectivity index (χ0) is 12.3. The van der Waals surface area contributed by atoms with E-state index in [9.17, 15) is 0 Å². The first-order valence-corrected chi connectivity index (χ1v) is 6.08. The Morgan fingerprint density at radius 1 is 1.18 bits per heavy atom. The molecule has 1 aromatic carbocycles. The number of hydrogen-bond acceptors (Lipinski definition) is 3. The first-order valence-electron chi connectivity index (χ1n) is 5.00. The molecule has 0 saturated carbocycles. The van der Waals surface area contributed by atoms with E-state index in [0.29, 0.717) is 17.2 Å². The predicted octanol–water partition coefficient (Wildman–Crippen LogP) is 3.66. The summed E-state index contributed by atoms with van der Waals surface area (Å²) in [6, 6.07) is 13.2. The molecule has 1 heterocycles. The summed E-state index contributed by atoms with van der Waals surface area (Å²) in [7, 11) is 0. The minimum absolute atomic E-state index is 0.355. The first kappa shape index (κ1) is 11.9. The van der Waals surface area contributed by atoms with E-state index < -0.39 is 0 Å². The number of hydrogen-bond donors (Lipinski definition) is 0. The van der Waals surface area contributed by atoms with Gasteiger partial charge in [-0.2, -0.15) is 5.26 Å². The molecule has 0 bridgehead atoms. The van der Waals surface area contributed by atoms with Gasteiger partial charge in [0.1, 0.15) is 17.4 Å². The van der Waals surface area contributed by atoms with Crippen molar-refractivity contribution < 1.29 is 4.74 Å². The standard InChI is InChI=1S/C13H9IN2O/c1-9-2-3-10(8-15)13(16-9)17-12-6-4-11(14)5-7-12/h2-7H,1H3. The molecule has 0 saturated heterocycles. The van der Waals surface area contributed by atoms with Gasteiger partial charge in [0.25, 0.3) is 0 Å². The van der Waals surface area contributed by atoms with Crippen LogP contribution in [0.2, 0.25) is 0 Å². The van der Waals surface area contributed by atoms with Gasteiger partial charge in [0, 0.05) is 9.26 Å². The van der Waals surface area contributed by atoms with Crippen LogP contribution in [0.25, 0.3) is 0 Å². The van der Waals surface area contributed by atoms with Crippen LogP contribution in [0.3, 0.4) is 0 Å². The molecule has 17 heavy (non-hydrogen) atoms. The molecule has 0 amide bonds. The Bertz CT molecular complexity index is 573. The predicted molar refractivity (Wildman–Crippen MR) is 72.9 cm³/mol. The van der Waals surface area contributed by atoms with Crippen LogP contribution in [-0.4, -0.2) is 4.98 Å². The fraction of sp³-hybridized carbons (Fsp3) is 0.0769. The van der Waals surface area contributed by atoms with Crippen molar-refractivity contribution in [2.75, 3.05) is 0 Å². The highest BCUT2D eigenvalue weighted by Crippen LogP contribution is 2.23. The number of halogens is 1.